The molecule has 1 unspecified atom stereocenters. The summed E-state index contributed by atoms with van der Waals surface area (Å²) in [7, 11) is 0. The van der Waals surface area contributed by atoms with Crippen molar-refractivity contribution in [1.29, 1.82) is 0 Å². The number of halogens is 1. The molecule has 1 N–H and O–H groups in total. The average molecular weight is 249 g/mol. The highest BCUT2D eigenvalue weighted by atomic mass is 19.1. The topological polar surface area (TPSA) is 21.3 Å². The third-order valence-electron chi connectivity index (χ3n) is 3.62. The summed E-state index contributed by atoms with van der Waals surface area (Å²) in [5.41, 5.74) is 0.948. The van der Waals surface area contributed by atoms with Gasteiger partial charge in [-0.2, -0.15) is 0 Å². The van der Waals surface area contributed by atoms with E-state index < -0.39 is 0 Å². The minimum Gasteiger partial charge on any atom is -0.372 e. The Morgan fingerprint density at radius 1 is 1.28 bits per heavy atom. The summed E-state index contributed by atoms with van der Waals surface area (Å²) in [6.07, 6.45) is 5.08. The Kier molecular flexibility index (Phi) is 3.62. The molecule has 2 nitrogen and oxygen atoms in total. The second-order valence-electron chi connectivity index (χ2n) is 5.50. The summed E-state index contributed by atoms with van der Waals surface area (Å²) in [6, 6.07) is 7.44. The Morgan fingerprint density at radius 3 is 2.78 bits per heavy atom. The quantitative estimate of drug-likeness (QED) is 0.802. The van der Waals surface area contributed by atoms with Gasteiger partial charge in [-0.1, -0.05) is 12.1 Å². The van der Waals surface area contributed by atoms with E-state index >= 15 is 0 Å². The van der Waals surface area contributed by atoms with Gasteiger partial charge in [0.25, 0.3) is 0 Å². The van der Waals surface area contributed by atoms with Gasteiger partial charge in [0.1, 0.15) is 5.82 Å². The predicted molar refractivity (Wildman–Crippen MR) is 68.8 cm³/mol. The standard InChI is InChI=1S/C15H20FNO/c16-13-3-1-2-12(8-13)15(9-17-14-6-7-14)18-10-11-4-5-11/h1-3,8,11,14-15,17H,4-7,9-10H2. The molecule has 18 heavy (non-hydrogen) atoms. The zero-order valence-corrected chi connectivity index (χ0v) is 10.6. The lowest BCUT2D eigenvalue weighted by Gasteiger charge is -2.19. The molecule has 0 saturated heterocycles. The molecule has 1 atom stereocenters. The monoisotopic (exact) mass is 249 g/mol. The number of rotatable bonds is 7. The third-order valence-corrected chi connectivity index (χ3v) is 3.62. The third kappa shape index (κ3) is 3.53. The molecule has 2 fully saturated rings. The molecule has 3 heteroatoms. The molecule has 0 heterocycles. The average Bonchev–Trinajstić information content (AvgIpc) is 3.24. The molecule has 2 aliphatic carbocycles. The van der Waals surface area contributed by atoms with Crippen molar-refractivity contribution in [3.05, 3.63) is 35.6 Å². The van der Waals surface area contributed by atoms with E-state index in [0.717, 1.165) is 24.6 Å². The van der Waals surface area contributed by atoms with Gasteiger partial charge < -0.3 is 10.1 Å². The molecule has 1 aromatic carbocycles. The first-order chi connectivity index (χ1) is 8.81. The highest BCUT2D eigenvalue weighted by Crippen LogP contribution is 2.31. The van der Waals surface area contributed by atoms with Crippen molar-refractivity contribution in [1.82, 2.24) is 5.32 Å². The Labute approximate surface area is 108 Å². The van der Waals surface area contributed by atoms with E-state index in [1.54, 1.807) is 12.1 Å². The van der Waals surface area contributed by atoms with Crippen LogP contribution in [0, 0.1) is 11.7 Å². The van der Waals surface area contributed by atoms with E-state index in [4.69, 9.17) is 4.74 Å². The zero-order valence-electron chi connectivity index (χ0n) is 10.6. The number of hydrogen-bond donors (Lipinski definition) is 1. The minimum atomic E-state index is -0.182. The van der Waals surface area contributed by atoms with Crippen molar-refractivity contribution in [3.63, 3.8) is 0 Å². The predicted octanol–water partition coefficient (Wildman–Crippen LogP) is 3.05. The van der Waals surface area contributed by atoms with E-state index in [9.17, 15) is 4.39 Å². The molecule has 0 aliphatic heterocycles. The fourth-order valence-corrected chi connectivity index (χ4v) is 2.08. The molecule has 2 saturated carbocycles. The second-order valence-corrected chi connectivity index (χ2v) is 5.50. The highest BCUT2D eigenvalue weighted by molar-refractivity contribution is 5.19. The lowest BCUT2D eigenvalue weighted by Crippen LogP contribution is -2.25. The Morgan fingerprint density at radius 2 is 2.11 bits per heavy atom. The fraction of sp³-hybridized carbons (Fsp3) is 0.600. The molecule has 0 aromatic heterocycles. The van der Waals surface area contributed by atoms with Gasteiger partial charge in [0, 0.05) is 12.6 Å². The number of benzene rings is 1. The van der Waals surface area contributed by atoms with Gasteiger partial charge >= 0.3 is 0 Å². The summed E-state index contributed by atoms with van der Waals surface area (Å²) in [5.74, 6) is 0.556. The first-order valence-electron chi connectivity index (χ1n) is 6.92. The van der Waals surface area contributed by atoms with Gasteiger partial charge in [-0.3, -0.25) is 0 Å². The van der Waals surface area contributed by atoms with Crippen molar-refractivity contribution in [2.24, 2.45) is 5.92 Å². The van der Waals surface area contributed by atoms with Crippen LogP contribution in [0.4, 0.5) is 4.39 Å². The van der Waals surface area contributed by atoms with Crippen LogP contribution in [-0.2, 0) is 4.74 Å². The normalized spacial score (nSPS) is 20.9. The molecule has 1 aromatic rings. The number of ether oxygens (including phenoxy) is 1. The van der Waals surface area contributed by atoms with Crippen molar-refractivity contribution >= 4 is 0 Å². The van der Waals surface area contributed by atoms with Gasteiger partial charge in [-0.15, -0.1) is 0 Å². The van der Waals surface area contributed by atoms with Crippen molar-refractivity contribution < 1.29 is 9.13 Å². The summed E-state index contributed by atoms with van der Waals surface area (Å²) >= 11 is 0. The maximum absolute atomic E-state index is 13.3. The molecule has 98 valence electrons. The van der Waals surface area contributed by atoms with Crippen LogP contribution in [0.25, 0.3) is 0 Å². The second kappa shape index (κ2) is 5.37. The molecule has 2 aliphatic rings. The van der Waals surface area contributed by atoms with Gasteiger partial charge in [-0.05, 0) is 49.3 Å². The van der Waals surface area contributed by atoms with Gasteiger partial charge in [0.15, 0.2) is 0 Å². The van der Waals surface area contributed by atoms with E-state index in [1.165, 1.54) is 31.7 Å². The summed E-state index contributed by atoms with van der Waals surface area (Å²) < 4.78 is 19.2. The van der Waals surface area contributed by atoms with E-state index in [1.807, 2.05) is 6.07 Å². The van der Waals surface area contributed by atoms with Crippen molar-refractivity contribution in [3.8, 4) is 0 Å². The molecule has 3 rings (SSSR count). The lowest BCUT2D eigenvalue weighted by atomic mass is 10.1. The Balaban J connectivity index is 1.61. The molecular formula is C15H20FNO. The SMILES string of the molecule is Fc1cccc(C(CNC2CC2)OCC2CC2)c1. The molecule has 0 bridgehead atoms. The number of nitrogens with one attached hydrogen (secondary N) is 1. The van der Waals surface area contributed by atoms with Crippen molar-refractivity contribution in [2.45, 2.75) is 37.8 Å². The summed E-state index contributed by atoms with van der Waals surface area (Å²) in [6.45, 7) is 1.61. The molecular weight excluding hydrogens is 229 g/mol. The zero-order chi connectivity index (χ0) is 12.4. The molecule has 0 amide bonds. The van der Waals surface area contributed by atoms with E-state index in [0.29, 0.717) is 6.04 Å². The first-order valence-corrected chi connectivity index (χ1v) is 6.92. The van der Waals surface area contributed by atoms with Gasteiger partial charge in [-0.25, -0.2) is 4.39 Å². The molecule has 0 spiro atoms. The van der Waals surface area contributed by atoms with Crippen LogP contribution in [0.2, 0.25) is 0 Å². The first kappa shape index (κ1) is 12.1. The fourth-order valence-electron chi connectivity index (χ4n) is 2.08. The van der Waals surface area contributed by atoms with Crippen LogP contribution in [0.1, 0.15) is 37.4 Å². The van der Waals surface area contributed by atoms with Crippen LogP contribution in [-0.4, -0.2) is 19.2 Å². The largest absolute Gasteiger partial charge is 0.372 e. The number of hydrogen-bond acceptors (Lipinski definition) is 2. The summed E-state index contributed by atoms with van der Waals surface area (Å²) in [5, 5.41) is 3.47. The van der Waals surface area contributed by atoms with Crippen LogP contribution < -0.4 is 5.32 Å². The smallest absolute Gasteiger partial charge is 0.123 e. The van der Waals surface area contributed by atoms with Gasteiger partial charge in [0.2, 0.25) is 0 Å². The van der Waals surface area contributed by atoms with Crippen LogP contribution >= 0.6 is 0 Å². The highest BCUT2D eigenvalue weighted by Gasteiger charge is 2.26. The summed E-state index contributed by atoms with van der Waals surface area (Å²) in [4.78, 5) is 0. The van der Waals surface area contributed by atoms with Crippen LogP contribution in [0.15, 0.2) is 24.3 Å². The Bertz CT molecular complexity index is 385. The van der Waals surface area contributed by atoms with Crippen LogP contribution in [0.3, 0.4) is 0 Å². The van der Waals surface area contributed by atoms with Crippen LogP contribution in [0.5, 0.6) is 0 Å². The Hall–Kier alpha value is -0.930. The van der Waals surface area contributed by atoms with Crippen molar-refractivity contribution in [2.75, 3.05) is 13.2 Å². The maximum Gasteiger partial charge on any atom is 0.123 e. The maximum atomic E-state index is 13.3. The van der Waals surface area contributed by atoms with E-state index in [2.05, 4.69) is 5.32 Å². The minimum absolute atomic E-state index is 0.0121. The van der Waals surface area contributed by atoms with E-state index in [-0.39, 0.29) is 11.9 Å². The van der Waals surface area contributed by atoms with Gasteiger partial charge in [0.05, 0.1) is 12.7 Å². The molecule has 0 radical (unpaired) electrons. The lowest BCUT2D eigenvalue weighted by molar-refractivity contribution is 0.0448.